The Morgan fingerprint density at radius 1 is 1.19 bits per heavy atom. The SMILES string of the molecule is CS(=O)(=O)NC1=CSC(I)N1C(=O)N[C@@H](Cc1cc(F)cc(F)c1)[C@H](O)CNCc1cccc(I)c1. The Hall–Kier alpha value is -1.21. The molecule has 0 saturated heterocycles. The number of rotatable bonds is 10. The van der Waals surface area contributed by atoms with E-state index in [1.807, 2.05) is 46.9 Å². The Morgan fingerprint density at radius 3 is 2.53 bits per heavy atom. The summed E-state index contributed by atoms with van der Waals surface area (Å²) in [4.78, 5) is 14.4. The molecule has 4 N–H and O–H groups in total. The molecule has 0 radical (unpaired) electrons. The Balaban J connectivity index is 1.75. The number of aliphatic hydroxyl groups excluding tert-OH is 1. The predicted molar refractivity (Wildman–Crippen MR) is 153 cm³/mol. The van der Waals surface area contributed by atoms with Crippen LogP contribution in [0.25, 0.3) is 0 Å². The second kappa shape index (κ2) is 13.0. The predicted octanol–water partition coefficient (Wildman–Crippen LogP) is 3.46. The monoisotopic (exact) mass is 764 g/mol. The van der Waals surface area contributed by atoms with Crippen molar-refractivity contribution in [2.45, 2.75) is 28.5 Å². The number of hydrogen-bond donors (Lipinski definition) is 4. The second-order valence-corrected chi connectivity index (χ2v) is 14.0. The van der Waals surface area contributed by atoms with Gasteiger partial charge in [-0.25, -0.2) is 22.0 Å². The molecule has 2 aromatic carbocycles. The quantitative estimate of drug-likeness (QED) is 0.168. The summed E-state index contributed by atoms with van der Waals surface area (Å²) in [6.07, 6.45) is -0.210. The zero-order valence-corrected chi connectivity index (χ0v) is 24.9. The molecule has 8 nitrogen and oxygen atoms in total. The number of sulfonamides is 1. The molecule has 3 atom stereocenters. The van der Waals surface area contributed by atoms with Gasteiger partial charge < -0.3 is 15.7 Å². The number of carbonyl (C=O) groups excluding carboxylic acids is 1. The fourth-order valence-corrected chi connectivity index (χ4v) is 6.42. The molecule has 1 unspecified atom stereocenters. The second-order valence-electron chi connectivity index (χ2n) is 8.04. The van der Waals surface area contributed by atoms with Gasteiger partial charge >= 0.3 is 6.03 Å². The van der Waals surface area contributed by atoms with E-state index in [-0.39, 0.29) is 24.4 Å². The van der Waals surface area contributed by atoms with Gasteiger partial charge in [0.05, 0.1) is 18.4 Å². The van der Waals surface area contributed by atoms with Gasteiger partial charge in [0.25, 0.3) is 0 Å². The number of thioether (sulfide) groups is 1. The minimum Gasteiger partial charge on any atom is -0.390 e. The smallest absolute Gasteiger partial charge is 0.324 e. The highest BCUT2D eigenvalue weighted by Gasteiger charge is 2.34. The van der Waals surface area contributed by atoms with E-state index in [0.29, 0.717) is 6.54 Å². The summed E-state index contributed by atoms with van der Waals surface area (Å²) in [7, 11) is -3.64. The van der Waals surface area contributed by atoms with E-state index in [1.54, 1.807) is 0 Å². The average Bonchev–Trinajstić information content (AvgIpc) is 3.10. The first kappa shape index (κ1) is 29.3. The van der Waals surface area contributed by atoms with Crippen molar-refractivity contribution >= 4 is 73.0 Å². The highest BCUT2D eigenvalue weighted by atomic mass is 127. The van der Waals surface area contributed by atoms with Crippen molar-refractivity contribution in [1.29, 1.82) is 0 Å². The summed E-state index contributed by atoms with van der Waals surface area (Å²) < 4.78 is 53.9. The van der Waals surface area contributed by atoms with Crippen LogP contribution in [0.4, 0.5) is 13.6 Å². The Labute approximate surface area is 240 Å². The molecule has 1 heterocycles. The standard InChI is InChI=1S/C22H24F2I2N4O4S2/c1-36(33,34)29-20-12-35-21(26)30(20)22(32)28-18(8-14-5-15(23)9-16(24)6-14)19(31)11-27-10-13-3-2-4-17(25)7-13/h2-7,9,12,18-19,21,27,29,31H,8,10-11H2,1H3,(H,28,32)/t18-,19+,21?/m0/s1. The number of amides is 2. The van der Waals surface area contributed by atoms with Gasteiger partial charge in [-0.3, -0.25) is 9.62 Å². The van der Waals surface area contributed by atoms with Gasteiger partial charge in [0.15, 0.2) is 0 Å². The average molecular weight is 764 g/mol. The number of nitrogens with zero attached hydrogens (tertiary/aromatic N) is 1. The van der Waals surface area contributed by atoms with Crippen LogP contribution in [0.15, 0.2) is 53.7 Å². The fourth-order valence-electron chi connectivity index (χ4n) is 3.46. The lowest BCUT2D eigenvalue weighted by molar-refractivity contribution is 0.122. The van der Waals surface area contributed by atoms with Crippen molar-refractivity contribution < 1.29 is 27.1 Å². The molecule has 14 heteroatoms. The summed E-state index contributed by atoms with van der Waals surface area (Å²) in [5, 5.41) is 18.3. The maximum absolute atomic E-state index is 13.8. The number of hydrogen-bond acceptors (Lipinski definition) is 6. The molecule has 36 heavy (non-hydrogen) atoms. The van der Waals surface area contributed by atoms with E-state index in [0.717, 1.165) is 33.6 Å². The van der Waals surface area contributed by atoms with Crippen molar-refractivity contribution in [3.63, 3.8) is 0 Å². The van der Waals surface area contributed by atoms with Crippen LogP contribution < -0.4 is 15.4 Å². The summed E-state index contributed by atoms with van der Waals surface area (Å²) in [5.41, 5.74) is 1.26. The van der Waals surface area contributed by atoms with Crippen LogP contribution in [0.5, 0.6) is 0 Å². The molecule has 0 aliphatic carbocycles. The van der Waals surface area contributed by atoms with Crippen molar-refractivity contribution in [3.8, 4) is 0 Å². The minimum atomic E-state index is -3.64. The molecular weight excluding hydrogens is 740 g/mol. The van der Waals surface area contributed by atoms with E-state index in [1.165, 1.54) is 22.1 Å². The van der Waals surface area contributed by atoms with E-state index >= 15 is 0 Å². The lowest BCUT2D eigenvalue weighted by Gasteiger charge is -2.29. The summed E-state index contributed by atoms with van der Waals surface area (Å²) >= 11 is 5.40. The third-order valence-corrected chi connectivity index (χ3v) is 8.47. The van der Waals surface area contributed by atoms with E-state index < -0.39 is 43.2 Å². The Kier molecular flexibility index (Phi) is 10.6. The van der Waals surface area contributed by atoms with Crippen LogP contribution >= 0.6 is 56.9 Å². The number of halogens is 4. The summed E-state index contributed by atoms with van der Waals surface area (Å²) in [6.45, 7) is 0.549. The van der Waals surface area contributed by atoms with Crippen molar-refractivity contribution in [1.82, 2.24) is 20.3 Å². The molecule has 0 bridgehead atoms. The van der Waals surface area contributed by atoms with E-state index in [9.17, 15) is 27.1 Å². The maximum Gasteiger partial charge on any atom is 0.324 e. The lowest BCUT2D eigenvalue weighted by atomic mass is 10.0. The molecule has 1 aliphatic rings. The maximum atomic E-state index is 13.8. The first-order valence-electron chi connectivity index (χ1n) is 10.6. The van der Waals surface area contributed by atoms with Crippen LogP contribution in [0.2, 0.25) is 0 Å². The summed E-state index contributed by atoms with van der Waals surface area (Å²) in [6, 6.07) is 9.22. The third kappa shape index (κ3) is 8.97. The van der Waals surface area contributed by atoms with Gasteiger partial charge in [0, 0.05) is 28.1 Å². The van der Waals surface area contributed by atoms with Crippen molar-refractivity contribution in [2.75, 3.05) is 12.8 Å². The number of benzene rings is 2. The van der Waals surface area contributed by atoms with Gasteiger partial charge in [0.2, 0.25) is 10.0 Å². The minimum absolute atomic E-state index is 0.0576. The molecule has 0 fully saturated rings. The molecule has 2 amide bonds. The highest BCUT2D eigenvalue weighted by molar-refractivity contribution is 14.1. The van der Waals surface area contributed by atoms with Gasteiger partial charge in [0.1, 0.15) is 20.8 Å². The van der Waals surface area contributed by atoms with Gasteiger partial charge in [-0.05, 0) is 87.0 Å². The largest absolute Gasteiger partial charge is 0.390 e. The zero-order valence-electron chi connectivity index (χ0n) is 18.9. The van der Waals surface area contributed by atoms with Crippen LogP contribution in [0, 0.1) is 15.2 Å². The van der Waals surface area contributed by atoms with Gasteiger partial charge in [-0.2, -0.15) is 0 Å². The molecule has 0 aromatic heterocycles. The first-order chi connectivity index (χ1) is 16.9. The lowest BCUT2D eigenvalue weighted by Crippen LogP contribution is -2.53. The number of alkyl halides is 1. The number of aliphatic hydroxyl groups is 1. The van der Waals surface area contributed by atoms with Crippen LogP contribution in [-0.2, 0) is 23.0 Å². The Bertz CT molecular complexity index is 1220. The third-order valence-electron chi connectivity index (χ3n) is 4.99. The first-order valence-corrected chi connectivity index (χ1v) is 15.7. The molecule has 3 rings (SSSR count). The van der Waals surface area contributed by atoms with Gasteiger partial charge in [-0.15, -0.1) is 0 Å². The van der Waals surface area contributed by atoms with Crippen LogP contribution in [-0.4, -0.2) is 52.8 Å². The molecule has 0 saturated carbocycles. The molecule has 196 valence electrons. The molecule has 2 aromatic rings. The number of nitrogens with one attached hydrogen (secondary N) is 3. The van der Waals surface area contributed by atoms with Crippen molar-refractivity contribution in [2.24, 2.45) is 0 Å². The Morgan fingerprint density at radius 2 is 1.89 bits per heavy atom. The van der Waals surface area contributed by atoms with E-state index in [2.05, 4.69) is 37.9 Å². The normalized spacial score (nSPS) is 17.4. The molecule has 0 spiro atoms. The van der Waals surface area contributed by atoms with E-state index in [4.69, 9.17) is 0 Å². The van der Waals surface area contributed by atoms with Crippen LogP contribution in [0.3, 0.4) is 0 Å². The fraction of sp³-hybridized carbons (Fsp3) is 0.318. The van der Waals surface area contributed by atoms with Crippen molar-refractivity contribution in [3.05, 3.63) is 80.0 Å². The topological polar surface area (TPSA) is 111 Å². The highest BCUT2D eigenvalue weighted by Crippen LogP contribution is 2.34. The van der Waals surface area contributed by atoms with Gasteiger partial charge in [-0.1, -0.05) is 23.9 Å². The molecular formula is C22H24F2I2N4O4S2. The number of carbonyl (C=O) groups is 1. The number of urea groups is 1. The molecule has 1 aliphatic heterocycles. The summed E-state index contributed by atoms with van der Waals surface area (Å²) in [5.74, 6) is -1.47. The zero-order chi connectivity index (χ0) is 26.5. The van der Waals surface area contributed by atoms with Crippen LogP contribution in [0.1, 0.15) is 11.1 Å².